The second kappa shape index (κ2) is 9.20. The van der Waals surface area contributed by atoms with Gasteiger partial charge < -0.3 is 7.69 Å². The molecule has 0 aromatic carbocycles. The first kappa shape index (κ1) is 12.8. The minimum absolute atomic E-state index is 0. The van der Waals surface area contributed by atoms with Crippen molar-refractivity contribution in [3.8, 4) is 0 Å². The third kappa shape index (κ3) is 8.20. The average Bonchev–Trinajstić information content (AvgIpc) is 1.89. The van der Waals surface area contributed by atoms with Crippen LogP contribution in [0.15, 0.2) is 0 Å². The molecule has 0 aliphatic carbocycles. The Morgan fingerprint density at radius 3 is 2.60 bits per heavy atom. The van der Waals surface area contributed by atoms with Gasteiger partial charge in [0.2, 0.25) is 0 Å². The Balaban J connectivity index is -0.000000107. The Kier molecular flexibility index (Phi) is 11.8. The van der Waals surface area contributed by atoms with Crippen molar-refractivity contribution in [2.24, 2.45) is 5.90 Å². The number of hydrogen-bond acceptors (Lipinski definition) is 3. The molecule has 0 bridgehead atoms. The molecule has 0 heterocycles. The van der Waals surface area contributed by atoms with E-state index in [9.17, 15) is 4.79 Å². The Morgan fingerprint density at radius 2 is 2.20 bits per heavy atom. The van der Waals surface area contributed by atoms with Gasteiger partial charge in [0.1, 0.15) is 0 Å². The molecule has 2 N–H and O–H groups in total. The smallest absolute Gasteiger partial charge is 1.00 e. The Morgan fingerprint density at radius 1 is 1.60 bits per heavy atom. The van der Waals surface area contributed by atoms with Crippen molar-refractivity contribution in [3.63, 3.8) is 0 Å². The number of rotatable bonds is 4. The van der Waals surface area contributed by atoms with Crippen LogP contribution in [0.3, 0.4) is 0 Å². The molecule has 0 saturated carbocycles. The number of unbranched alkanes of at least 4 members (excludes halogenated alkanes) is 2. The molecule has 0 radical (unpaired) electrons. The summed E-state index contributed by atoms with van der Waals surface area (Å²) >= 11 is 0. The summed E-state index contributed by atoms with van der Waals surface area (Å²) in [4.78, 5) is 14.3. The molecule has 0 spiro atoms. The summed E-state index contributed by atoms with van der Waals surface area (Å²) in [6.07, 6.45) is 3.50. The van der Waals surface area contributed by atoms with Gasteiger partial charge in [-0.2, -0.15) is 5.90 Å². The molecule has 4 heteroatoms. The summed E-state index contributed by atoms with van der Waals surface area (Å²) < 4.78 is 0. The summed E-state index contributed by atoms with van der Waals surface area (Å²) in [5, 5.41) is 0. The van der Waals surface area contributed by atoms with Crippen LogP contribution in [-0.2, 0) is 9.63 Å². The van der Waals surface area contributed by atoms with Gasteiger partial charge >= 0.3 is 29.0 Å². The quantitative estimate of drug-likeness (QED) is 0.374. The molecular formula is C6H15MgNO2. The topological polar surface area (TPSA) is 52.3 Å². The van der Waals surface area contributed by atoms with Gasteiger partial charge in [0, 0.05) is 6.42 Å². The molecule has 0 saturated heterocycles. The van der Waals surface area contributed by atoms with Crippen LogP contribution in [0.4, 0.5) is 0 Å². The van der Waals surface area contributed by atoms with Crippen molar-refractivity contribution in [2.75, 3.05) is 0 Å². The number of hydrogen-bond donors (Lipinski definition) is 1. The van der Waals surface area contributed by atoms with Crippen molar-refractivity contribution < 1.29 is 12.5 Å². The predicted molar refractivity (Wildman–Crippen MR) is 42.4 cm³/mol. The summed E-state index contributed by atoms with van der Waals surface area (Å²) in [5.41, 5.74) is 0. The van der Waals surface area contributed by atoms with Gasteiger partial charge in [0.05, 0.1) is 0 Å². The molecule has 0 aliphatic rings. The van der Waals surface area contributed by atoms with Crippen LogP contribution in [-0.4, -0.2) is 29.0 Å². The molecule has 0 amide bonds. The second-order valence-corrected chi connectivity index (χ2v) is 1.95. The van der Waals surface area contributed by atoms with Crippen molar-refractivity contribution >= 4 is 29.0 Å². The van der Waals surface area contributed by atoms with Gasteiger partial charge in [0.25, 0.3) is 0 Å². The maximum Gasteiger partial charge on any atom is 2.00 e. The molecule has 58 valence electrons. The van der Waals surface area contributed by atoms with Crippen LogP contribution in [0.1, 0.15) is 35.5 Å². The zero-order chi connectivity index (χ0) is 7.11. The van der Waals surface area contributed by atoms with E-state index in [4.69, 9.17) is 0 Å². The van der Waals surface area contributed by atoms with E-state index in [1.165, 1.54) is 0 Å². The van der Waals surface area contributed by atoms with Crippen molar-refractivity contribution in [1.29, 1.82) is 0 Å². The molecule has 0 unspecified atom stereocenters. The fourth-order valence-electron chi connectivity index (χ4n) is 0.578. The normalized spacial score (nSPS) is 8.20. The van der Waals surface area contributed by atoms with E-state index < -0.39 is 0 Å². The Bertz CT molecular complexity index is 95.6. The zero-order valence-electron chi connectivity index (χ0n) is 8.43. The second-order valence-electron chi connectivity index (χ2n) is 1.95. The molecule has 0 aliphatic heterocycles. The fourth-order valence-corrected chi connectivity index (χ4v) is 0.578. The van der Waals surface area contributed by atoms with Crippen LogP contribution in [0.25, 0.3) is 0 Å². The minimum Gasteiger partial charge on any atom is -1.00 e. The van der Waals surface area contributed by atoms with Crippen LogP contribution in [0.2, 0.25) is 0 Å². The van der Waals surface area contributed by atoms with Crippen molar-refractivity contribution in [3.05, 3.63) is 0 Å². The fraction of sp³-hybridized carbons (Fsp3) is 0.833. The number of nitrogens with two attached hydrogens (primary N) is 1. The Labute approximate surface area is 80.4 Å². The third-order valence-electron chi connectivity index (χ3n) is 1.12. The first-order valence-corrected chi connectivity index (χ1v) is 3.20. The molecule has 10 heavy (non-hydrogen) atoms. The summed E-state index contributed by atoms with van der Waals surface area (Å²) in [7, 11) is 0. The van der Waals surface area contributed by atoms with E-state index in [0.29, 0.717) is 6.42 Å². The summed E-state index contributed by atoms with van der Waals surface area (Å²) in [6, 6.07) is 0. The average molecular weight is 157 g/mol. The van der Waals surface area contributed by atoms with Gasteiger partial charge in [0.15, 0.2) is 0 Å². The van der Waals surface area contributed by atoms with E-state index >= 15 is 0 Å². The van der Waals surface area contributed by atoms with Gasteiger partial charge in [-0.3, -0.25) is 4.79 Å². The van der Waals surface area contributed by atoms with E-state index in [2.05, 4.69) is 17.7 Å². The van der Waals surface area contributed by atoms with E-state index in [1.807, 2.05) is 0 Å². The molecular weight excluding hydrogens is 142 g/mol. The van der Waals surface area contributed by atoms with Crippen LogP contribution in [0, 0.1) is 0 Å². The van der Waals surface area contributed by atoms with Crippen LogP contribution < -0.4 is 5.90 Å². The zero-order valence-corrected chi connectivity index (χ0v) is 7.84. The first-order chi connectivity index (χ1) is 4.31. The summed E-state index contributed by atoms with van der Waals surface area (Å²) in [5.74, 6) is 4.29. The molecule has 0 rings (SSSR count). The maximum absolute atomic E-state index is 10.3. The van der Waals surface area contributed by atoms with E-state index in [-0.39, 0.29) is 31.9 Å². The van der Waals surface area contributed by atoms with Crippen molar-refractivity contribution in [2.45, 2.75) is 32.6 Å². The monoisotopic (exact) mass is 157 g/mol. The largest absolute Gasteiger partial charge is 2.00 e. The van der Waals surface area contributed by atoms with Crippen LogP contribution in [0.5, 0.6) is 0 Å². The van der Waals surface area contributed by atoms with Gasteiger partial charge in [-0.1, -0.05) is 19.8 Å². The predicted octanol–water partition coefficient (Wildman–Crippen LogP) is 0.828. The van der Waals surface area contributed by atoms with E-state index in [1.54, 1.807) is 0 Å². The van der Waals surface area contributed by atoms with Gasteiger partial charge in [-0.15, -0.1) is 0 Å². The Hall–Kier alpha value is 0.196. The van der Waals surface area contributed by atoms with Crippen LogP contribution >= 0.6 is 0 Å². The molecule has 3 nitrogen and oxygen atoms in total. The minimum atomic E-state index is -0.316. The maximum atomic E-state index is 10.3. The van der Waals surface area contributed by atoms with E-state index in [0.717, 1.165) is 19.3 Å². The number of carbonyl (C=O) groups excluding carboxylic acids is 1. The SMILES string of the molecule is CCCCCC(=O)ON.[H-].[H-].[Mg+2]. The summed E-state index contributed by atoms with van der Waals surface area (Å²) in [6.45, 7) is 2.08. The standard InChI is InChI=1S/C6H13NO2.Mg.2H/c1-2-3-4-5-6(8)9-7;;;/h2-5,7H2,1H3;;;/q;+2;2*-1. The van der Waals surface area contributed by atoms with Crippen molar-refractivity contribution in [1.82, 2.24) is 0 Å². The molecule has 0 atom stereocenters. The molecule has 0 fully saturated rings. The number of carbonyl (C=O) groups is 1. The van der Waals surface area contributed by atoms with Gasteiger partial charge in [-0.05, 0) is 6.42 Å². The molecule has 0 aromatic rings. The third-order valence-corrected chi connectivity index (χ3v) is 1.12. The van der Waals surface area contributed by atoms with Gasteiger partial charge in [-0.25, -0.2) is 0 Å². The first-order valence-electron chi connectivity index (χ1n) is 3.20. The molecule has 0 aromatic heterocycles.